The van der Waals surface area contributed by atoms with Crippen molar-refractivity contribution in [3.63, 3.8) is 0 Å². The molecule has 2 rings (SSSR count). The van der Waals surface area contributed by atoms with Gasteiger partial charge in [-0.05, 0) is 63.1 Å². The minimum Gasteiger partial charge on any atom is -0.497 e. The molecular formula is C23H29ClN2O3. The fourth-order valence-corrected chi connectivity index (χ4v) is 2.99. The third-order valence-corrected chi connectivity index (χ3v) is 4.70. The summed E-state index contributed by atoms with van der Waals surface area (Å²) >= 11 is 5.94. The summed E-state index contributed by atoms with van der Waals surface area (Å²) in [5.41, 5.74) is 1.39. The summed E-state index contributed by atoms with van der Waals surface area (Å²) in [5, 5.41) is 3.58. The Kier molecular flexibility index (Phi) is 7.68. The van der Waals surface area contributed by atoms with E-state index < -0.39 is 6.04 Å². The highest BCUT2D eigenvalue weighted by Gasteiger charge is 2.28. The maximum absolute atomic E-state index is 13.1. The molecule has 5 nitrogen and oxygen atoms in total. The summed E-state index contributed by atoms with van der Waals surface area (Å²) in [4.78, 5) is 27.5. The molecule has 0 fully saturated rings. The largest absolute Gasteiger partial charge is 0.497 e. The van der Waals surface area contributed by atoms with Crippen LogP contribution in [0, 0.1) is 0 Å². The van der Waals surface area contributed by atoms with Crippen LogP contribution in [-0.4, -0.2) is 35.4 Å². The number of halogens is 1. The second kappa shape index (κ2) is 9.79. The molecule has 2 aromatic carbocycles. The van der Waals surface area contributed by atoms with Crippen molar-refractivity contribution >= 4 is 23.4 Å². The highest BCUT2D eigenvalue weighted by atomic mass is 35.5. The Balaban J connectivity index is 2.23. The normalized spacial score (nSPS) is 12.2. The second-order valence-corrected chi connectivity index (χ2v) is 8.52. The number of carbonyl (C=O) groups is 2. The molecule has 0 saturated carbocycles. The van der Waals surface area contributed by atoms with Crippen LogP contribution in [0.25, 0.3) is 0 Å². The van der Waals surface area contributed by atoms with E-state index in [0.717, 1.165) is 16.9 Å². The lowest BCUT2D eigenvalue weighted by atomic mass is 10.1. The third kappa shape index (κ3) is 7.09. The smallest absolute Gasteiger partial charge is 0.242 e. The summed E-state index contributed by atoms with van der Waals surface area (Å²) in [6, 6.07) is 14.0. The van der Waals surface area contributed by atoms with Gasteiger partial charge in [-0.2, -0.15) is 0 Å². The standard InChI is InChI=1S/C23H29ClN2O3/c1-16(22(28)25-23(2,3)4)26(15-18-8-12-20(29-5)13-9-18)21(27)14-17-6-10-19(24)11-7-17/h6-13,16H,14-15H2,1-5H3,(H,25,28)/t16-/m1/s1. The Morgan fingerprint density at radius 1 is 1.03 bits per heavy atom. The van der Waals surface area contributed by atoms with Crippen LogP contribution < -0.4 is 10.1 Å². The van der Waals surface area contributed by atoms with E-state index in [1.165, 1.54) is 0 Å². The van der Waals surface area contributed by atoms with Gasteiger partial charge in [0.2, 0.25) is 11.8 Å². The van der Waals surface area contributed by atoms with Gasteiger partial charge in [-0.15, -0.1) is 0 Å². The Hall–Kier alpha value is -2.53. The third-order valence-electron chi connectivity index (χ3n) is 4.45. The number of hydrogen-bond acceptors (Lipinski definition) is 3. The second-order valence-electron chi connectivity index (χ2n) is 8.09. The van der Waals surface area contributed by atoms with Crippen LogP contribution in [0.3, 0.4) is 0 Å². The number of benzene rings is 2. The molecule has 0 aliphatic heterocycles. The number of ether oxygens (including phenoxy) is 1. The van der Waals surface area contributed by atoms with Crippen molar-refractivity contribution in [3.8, 4) is 5.75 Å². The van der Waals surface area contributed by atoms with Gasteiger partial charge >= 0.3 is 0 Å². The van der Waals surface area contributed by atoms with Crippen molar-refractivity contribution in [3.05, 3.63) is 64.7 Å². The van der Waals surface area contributed by atoms with Crippen LogP contribution in [0.4, 0.5) is 0 Å². The number of nitrogens with zero attached hydrogens (tertiary/aromatic N) is 1. The first-order valence-electron chi connectivity index (χ1n) is 9.58. The van der Waals surface area contributed by atoms with Crippen LogP contribution in [0.2, 0.25) is 5.02 Å². The van der Waals surface area contributed by atoms with Crippen molar-refractivity contribution in [1.82, 2.24) is 10.2 Å². The van der Waals surface area contributed by atoms with Gasteiger partial charge in [0.25, 0.3) is 0 Å². The molecule has 0 radical (unpaired) electrons. The van der Waals surface area contributed by atoms with Crippen molar-refractivity contribution in [1.29, 1.82) is 0 Å². The number of hydrogen-bond donors (Lipinski definition) is 1. The average molecular weight is 417 g/mol. The van der Waals surface area contributed by atoms with E-state index in [1.54, 1.807) is 31.1 Å². The van der Waals surface area contributed by atoms with E-state index >= 15 is 0 Å². The number of methoxy groups -OCH3 is 1. The zero-order chi connectivity index (χ0) is 21.6. The SMILES string of the molecule is COc1ccc(CN(C(=O)Cc2ccc(Cl)cc2)[C@H](C)C(=O)NC(C)(C)C)cc1. The quantitative estimate of drug-likeness (QED) is 0.735. The van der Waals surface area contributed by atoms with Gasteiger partial charge in [0, 0.05) is 17.1 Å². The molecule has 6 heteroatoms. The first-order valence-corrected chi connectivity index (χ1v) is 9.96. The lowest BCUT2D eigenvalue weighted by Crippen LogP contribution is -2.52. The highest BCUT2D eigenvalue weighted by molar-refractivity contribution is 6.30. The molecular weight excluding hydrogens is 388 g/mol. The molecule has 0 heterocycles. The summed E-state index contributed by atoms with van der Waals surface area (Å²) in [7, 11) is 1.61. The van der Waals surface area contributed by atoms with Crippen LogP contribution >= 0.6 is 11.6 Å². The predicted octanol–water partition coefficient (Wildman–Crippen LogP) is 4.22. The predicted molar refractivity (Wildman–Crippen MR) is 116 cm³/mol. The van der Waals surface area contributed by atoms with E-state index in [9.17, 15) is 9.59 Å². The maximum Gasteiger partial charge on any atom is 0.242 e. The van der Waals surface area contributed by atoms with Crippen LogP contribution in [0.5, 0.6) is 5.75 Å². The summed E-state index contributed by atoms with van der Waals surface area (Å²) in [5.74, 6) is 0.432. The highest BCUT2D eigenvalue weighted by Crippen LogP contribution is 2.17. The Bertz CT molecular complexity index is 827. The minimum absolute atomic E-state index is 0.125. The molecule has 0 saturated heterocycles. The number of nitrogens with one attached hydrogen (secondary N) is 1. The Morgan fingerprint density at radius 2 is 1.59 bits per heavy atom. The summed E-state index contributed by atoms with van der Waals surface area (Å²) < 4.78 is 5.20. The van der Waals surface area contributed by atoms with Gasteiger partial charge < -0.3 is 15.0 Å². The van der Waals surface area contributed by atoms with E-state index in [2.05, 4.69) is 5.32 Å². The monoisotopic (exact) mass is 416 g/mol. The topological polar surface area (TPSA) is 58.6 Å². The Labute approximate surface area is 178 Å². The lowest BCUT2D eigenvalue weighted by Gasteiger charge is -2.31. The number of rotatable bonds is 7. The van der Waals surface area contributed by atoms with Crippen molar-refractivity contribution in [2.45, 2.75) is 52.2 Å². The molecule has 0 unspecified atom stereocenters. The molecule has 0 aliphatic carbocycles. The molecule has 156 valence electrons. The zero-order valence-electron chi connectivity index (χ0n) is 17.7. The van der Waals surface area contributed by atoms with Crippen LogP contribution in [0.15, 0.2) is 48.5 Å². The fourth-order valence-electron chi connectivity index (χ4n) is 2.86. The molecule has 0 spiro atoms. The number of amides is 2. The molecule has 1 atom stereocenters. The Morgan fingerprint density at radius 3 is 2.10 bits per heavy atom. The van der Waals surface area contributed by atoms with Gasteiger partial charge in [-0.3, -0.25) is 9.59 Å². The molecule has 2 aromatic rings. The number of carbonyl (C=O) groups excluding carboxylic acids is 2. The zero-order valence-corrected chi connectivity index (χ0v) is 18.4. The minimum atomic E-state index is -0.615. The van der Waals surface area contributed by atoms with Gasteiger partial charge in [-0.25, -0.2) is 0 Å². The molecule has 1 N–H and O–H groups in total. The fraction of sp³-hybridized carbons (Fsp3) is 0.391. The van der Waals surface area contributed by atoms with Gasteiger partial charge in [0.15, 0.2) is 0 Å². The van der Waals surface area contributed by atoms with Crippen molar-refractivity contribution in [2.75, 3.05) is 7.11 Å². The van der Waals surface area contributed by atoms with Crippen LogP contribution in [0.1, 0.15) is 38.8 Å². The first kappa shape index (κ1) is 22.8. The van der Waals surface area contributed by atoms with Gasteiger partial charge in [-0.1, -0.05) is 35.9 Å². The molecule has 0 aromatic heterocycles. The molecule has 29 heavy (non-hydrogen) atoms. The average Bonchev–Trinajstić information content (AvgIpc) is 2.66. The van der Waals surface area contributed by atoms with Gasteiger partial charge in [0.1, 0.15) is 11.8 Å². The van der Waals surface area contributed by atoms with E-state index in [1.807, 2.05) is 57.2 Å². The van der Waals surface area contributed by atoms with E-state index in [-0.39, 0.29) is 23.8 Å². The summed E-state index contributed by atoms with van der Waals surface area (Å²) in [6.45, 7) is 7.84. The van der Waals surface area contributed by atoms with Crippen LogP contribution in [-0.2, 0) is 22.6 Å². The maximum atomic E-state index is 13.1. The first-order chi connectivity index (χ1) is 13.6. The van der Waals surface area contributed by atoms with Crippen molar-refractivity contribution in [2.24, 2.45) is 0 Å². The summed E-state index contributed by atoms with van der Waals surface area (Å²) in [6.07, 6.45) is 0.195. The van der Waals surface area contributed by atoms with E-state index in [4.69, 9.17) is 16.3 Å². The molecule has 0 aliphatic rings. The van der Waals surface area contributed by atoms with E-state index in [0.29, 0.717) is 11.6 Å². The van der Waals surface area contributed by atoms with Gasteiger partial charge in [0.05, 0.1) is 13.5 Å². The lowest BCUT2D eigenvalue weighted by molar-refractivity contribution is -0.140. The molecule has 0 bridgehead atoms. The molecule has 2 amide bonds. The van der Waals surface area contributed by atoms with Crippen molar-refractivity contribution < 1.29 is 14.3 Å².